The van der Waals surface area contributed by atoms with Crippen LogP contribution in [0.15, 0.2) is 12.1 Å². The van der Waals surface area contributed by atoms with Gasteiger partial charge in [-0.2, -0.15) is 0 Å². The lowest BCUT2D eigenvalue weighted by molar-refractivity contribution is -0.116. The number of carbonyl (C=O) groups is 1. The van der Waals surface area contributed by atoms with Gasteiger partial charge >= 0.3 is 0 Å². The van der Waals surface area contributed by atoms with Crippen molar-refractivity contribution < 1.29 is 29.2 Å². The molecule has 0 aromatic heterocycles. The van der Waals surface area contributed by atoms with Gasteiger partial charge in [0.15, 0.2) is 0 Å². The molecule has 0 saturated carbocycles. The third-order valence-electron chi connectivity index (χ3n) is 4.45. The number of hydrogen-bond acceptors (Lipinski definition) is 7. The highest BCUT2D eigenvalue weighted by Gasteiger charge is 2.23. The number of carbonyl (C=O) groups excluding carboxylic acids is 1. The highest BCUT2D eigenvalue weighted by atomic mass is 16.5. The van der Waals surface area contributed by atoms with Crippen LogP contribution in [0.3, 0.4) is 0 Å². The van der Waals surface area contributed by atoms with Crippen LogP contribution < -0.4 is 14.8 Å². The molecule has 3 rings (SSSR count). The molecule has 1 unspecified atom stereocenters. The van der Waals surface area contributed by atoms with Crippen LogP contribution >= 0.6 is 0 Å². The molecule has 1 saturated heterocycles. The largest absolute Gasteiger partial charge is 0.490 e. The zero-order chi connectivity index (χ0) is 18.4. The topological polar surface area (TPSA) is 100 Å². The van der Waals surface area contributed by atoms with E-state index < -0.39 is 6.10 Å². The first-order valence-electron chi connectivity index (χ1n) is 8.97. The third kappa shape index (κ3) is 4.85. The van der Waals surface area contributed by atoms with Crippen molar-refractivity contribution in [2.24, 2.45) is 0 Å². The van der Waals surface area contributed by atoms with E-state index in [2.05, 4.69) is 10.2 Å². The number of morpholine rings is 1. The molecule has 1 aromatic rings. The number of amides is 1. The number of hydrogen-bond donors (Lipinski definition) is 3. The van der Waals surface area contributed by atoms with Gasteiger partial charge in [0.2, 0.25) is 5.91 Å². The van der Waals surface area contributed by atoms with Gasteiger partial charge in [-0.05, 0) is 18.6 Å². The SMILES string of the molecule is O=C1CCc2c(OCC(O)CN3CCOCC3)ccc(OCCO)c2N1. The quantitative estimate of drug-likeness (QED) is 0.596. The number of ether oxygens (including phenoxy) is 3. The van der Waals surface area contributed by atoms with E-state index in [0.29, 0.717) is 49.8 Å². The summed E-state index contributed by atoms with van der Waals surface area (Å²) in [7, 11) is 0. The normalized spacial score (nSPS) is 18.8. The number of fused-ring (bicyclic) bond motifs is 1. The van der Waals surface area contributed by atoms with E-state index in [1.165, 1.54) is 0 Å². The van der Waals surface area contributed by atoms with Gasteiger partial charge in [-0.15, -0.1) is 0 Å². The Morgan fingerprint density at radius 3 is 2.73 bits per heavy atom. The maximum Gasteiger partial charge on any atom is 0.224 e. The predicted octanol–water partition coefficient (Wildman–Crippen LogP) is 0.0143. The highest BCUT2D eigenvalue weighted by molar-refractivity contribution is 5.96. The van der Waals surface area contributed by atoms with E-state index in [9.17, 15) is 9.90 Å². The molecule has 1 fully saturated rings. The van der Waals surface area contributed by atoms with E-state index in [0.717, 1.165) is 18.7 Å². The van der Waals surface area contributed by atoms with Crippen molar-refractivity contribution in [3.63, 3.8) is 0 Å². The molecule has 1 amide bonds. The second-order valence-corrected chi connectivity index (χ2v) is 6.41. The molecule has 1 aromatic carbocycles. The molecule has 2 aliphatic rings. The van der Waals surface area contributed by atoms with Gasteiger partial charge in [-0.25, -0.2) is 0 Å². The van der Waals surface area contributed by atoms with Gasteiger partial charge in [0, 0.05) is 31.6 Å². The lowest BCUT2D eigenvalue weighted by Crippen LogP contribution is -2.42. The van der Waals surface area contributed by atoms with E-state index in [1.54, 1.807) is 12.1 Å². The zero-order valence-electron chi connectivity index (χ0n) is 14.8. The van der Waals surface area contributed by atoms with E-state index >= 15 is 0 Å². The molecule has 0 radical (unpaired) electrons. The van der Waals surface area contributed by atoms with Gasteiger partial charge in [0.05, 0.1) is 25.5 Å². The summed E-state index contributed by atoms with van der Waals surface area (Å²) >= 11 is 0. The summed E-state index contributed by atoms with van der Waals surface area (Å²) in [5.74, 6) is 1.08. The van der Waals surface area contributed by atoms with Gasteiger partial charge in [-0.1, -0.05) is 0 Å². The summed E-state index contributed by atoms with van der Waals surface area (Å²) in [6.45, 7) is 3.78. The lowest BCUT2D eigenvalue weighted by atomic mass is 10.0. The average molecular weight is 366 g/mol. The number of rotatable bonds is 8. The summed E-state index contributed by atoms with van der Waals surface area (Å²) in [5.41, 5.74) is 1.45. The van der Waals surface area contributed by atoms with Crippen LogP contribution in [0.4, 0.5) is 5.69 Å². The van der Waals surface area contributed by atoms with Crippen LogP contribution in [-0.4, -0.2) is 79.8 Å². The predicted molar refractivity (Wildman–Crippen MR) is 94.7 cm³/mol. The monoisotopic (exact) mass is 366 g/mol. The average Bonchev–Trinajstić information content (AvgIpc) is 2.65. The number of nitrogens with zero attached hydrogens (tertiary/aromatic N) is 1. The summed E-state index contributed by atoms with van der Waals surface area (Å²) < 4.78 is 16.6. The third-order valence-corrected chi connectivity index (χ3v) is 4.45. The Morgan fingerprint density at radius 1 is 1.19 bits per heavy atom. The Morgan fingerprint density at radius 2 is 1.96 bits per heavy atom. The van der Waals surface area contributed by atoms with Crippen LogP contribution in [-0.2, 0) is 16.0 Å². The van der Waals surface area contributed by atoms with Gasteiger partial charge in [0.1, 0.15) is 30.8 Å². The fraction of sp³-hybridized carbons (Fsp3) is 0.611. The zero-order valence-corrected chi connectivity index (χ0v) is 14.8. The molecular weight excluding hydrogens is 340 g/mol. The molecule has 0 aliphatic carbocycles. The molecule has 3 N–H and O–H groups in total. The minimum Gasteiger partial charge on any atom is -0.490 e. The van der Waals surface area contributed by atoms with Crippen molar-refractivity contribution in [3.8, 4) is 11.5 Å². The smallest absolute Gasteiger partial charge is 0.224 e. The minimum absolute atomic E-state index is 0.0733. The van der Waals surface area contributed by atoms with Crippen molar-refractivity contribution in [3.05, 3.63) is 17.7 Å². The molecule has 144 valence electrons. The standard InChI is InChI=1S/C18H26N2O6/c21-7-10-25-16-3-2-15(14-1-4-17(23)19-18(14)16)26-12-13(22)11-20-5-8-24-9-6-20/h2-3,13,21-22H,1,4-12H2,(H,19,23). The Bertz CT molecular complexity index is 618. The lowest BCUT2D eigenvalue weighted by Gasteiger charge is -2.29. The molecular formula is C18H26N2O6. The first-order valence-corrected chi connectivity index (χ1v) is 8.97. The molecule has 8 nitrogen and oxygen atoms in total. The summed E-state index contributed by atoms with van der Waals surface area (Å²) in [6.07, 6.45) is 0.322. The first-order chi connectivity index (χ1) is 12.7. The van der Waals surface area contributed by atoms with Crippen molar-refractivity contribution in [1.82, 2.24) is 4.90 Å². The van der Waals surface area contributed by atoms with Gasteiger partial charge in [0.25, 0.3) is 0 Å². The molecule has 8 heteroatoms. The van der Waals surface area contributed by atoms with E-state index in [1.807, 2.05) is 0 Å². The Kier molecular flexibility index (Phi) is 6.67. The molecule has 2 heterocycles. The highest BCUT2D eigenvalue weighted by Crippen LogP contribution is 2.38. The van der Waals surface area contributed by atoms with Crippen molar-refractivity contribution >= 4 is 11.6 Å². The van der Waals surface area contributed by atoms with Crippen LogP contribution in [0, 0.1) is 0 Å². The Hall–Kier alpha value is -1.87. The summed E-state index contributed by atoms with van der Waals surface area (Å²) in [4.78, 5) is 13.9. The summed E-state index contributed by atoms with van der Waals surface area (Å²) in [6, 6.07) is 3.49. The Labute approximate surface area is 152 Å². The second kappa shape index (κ2) is 9.18. The molecule has 2 aliphatic heterocycles. The van der Waals surface area contributed by atoms with Crippen LogP contribution in [0.1, 0.15) is 12.0 Å². The summed E-state index contributed by atoms with van der Waals surface area (Å²) in [5, 5.41) is 22.0. The number of nitrogens with one attached hydrogen (secondary N) is 1. The fourth-order valence-electron chi connectivity index (χ4n) is 3.16. The van der Waals surface area contributed by atoms with Crippen LogP contribution in [0.5, 0.6) is 11.5 Å². The van der Waals surface area contributed by atoms with Crippen molar-refractivity contribution in [2.45, 2.75) is 18.9 Å². The number of β-amino-alcohol motifs (C(OH)–C–C–N with tert-alkyl or cyclic N) is 1. The number of anilines is 1. The molecule has 1 atom stereocenters. The van der Waals surface area contributed by atoms with E-state index in [4.69, 9.17) is 19.3 Å². The molecule has 0 spiro atoms. The van der Waals surface area contributed by atoms with Crippen molar-refractivity contribution in [1.29, 1.82) is 0 Å². The number of benzene rings is 1. The fourth-order valence-corrected chi connectivity index (χ4v) is 3.16. The second-order valence-electron chi connectivity index (χ2n) is 6.41. The minimum atomic E-state index is -0.604. The maximum absolute atomic E-state index is 11.7. The van der Waals surface area contributed by atoms with Gasteiger partial charge in [-0.3, -0.25) is 9.69 Å². The van der Waals surface area contributed by atoms with Gasteiger partial charge < -0.3 is 29.7 Å². The first kappa shape index (κ1) is 18.9. The number of aliphatic hydroxyl groups is 2. The number of aliphatic hydroxyl groups excluding tert-OH is 2. The maximum atomic E-state index is 11.7. The molecule has 26 heavy (non-hydrogen) atoms. The molecule has 0 bridgehead atoms. The Balaban J connectivity index is 1.63. The van der Waals surface area contributed by atoms with Crippen LogP contribution in [0.25, 0.3) is 0 Å². The van der Waals surface area contributed by atoms with Crippen molar-refractivity contribution in [2.75, 3.05) is 58.0 Å². The van der Waals surface area contributed by atoms with E-state index in [-0.39, 0.29) is 25.7 Å². The van der Waals surface area contributed by atoms with Crippen LogP contribution in [0.2, 0.25) is 0 Å².